The van der Waals surface area contributed by atoms with Gasteiger partial charge in [0.15, 0.2) is 0 Å². The fourth-order valence-corrected chi connectivity index (χ4v) is 1.59. The van der Waals surface area contributed by atoms with E-state index in [0.29, 0.717) is 17.8 Å². The first kappa shape index (κ1) is 12.7. The lowest BCUT2D eigenvalue weighted by molar-refractivity contribution is 0.199. The number of hydrogen-bond acceptors (Lipinski definition) is 2. The molecule has 1 aromatic carbocycles. The van der Waals surface area contributed by atoms with Gasteiger partial charge in [-0.15, -0.1) is 6.58 Å². The molecule has 1 rings (SSSR count). The predicted molar refractivity (Wildman–Crippen MR) is 65.1 cm³/mol. The Bertz CT molecular complexity index is 363. The molecule has 0 aliphatic carbocycles. The molecule has 2 nitrogen and oxygen atoms in total. The predicted octanol–water partition coefficient (Wildman–Crippen LogP) is 2.89. The lowest BCUT2D eigenvalue weighted by Crippen LogP contribution is -2.23. The van der Waals surface area contributed by atoms with Gasteiger partial charge in [-0.1, -0.05) is 12.1 Å². The van der Waals surface area contributed by atoms with Gasteiger partial charge in [0.05, 0.1) is 11.8 Å². The van der Waals surface area contributed by atoms with Crippen molar-refractivity contribution >= 4 is 5.69 Å². The normalized spacial score (nSPS) is 12.2. The molecule has 0 bridgehead atoms. The number of likely N-dealkylation sites (N-methyl/N-ethyl adjacent to an activating group) is 1. The third kappa shape index (κ3) is 2.83. The van der Waals surface area contributed by atoms with Crippen LogP contribution in [0.5, 0.6) is 0 Å². The van der Waals surface area contributed by atoms with Gasteiger partial charge in [0.1, 0.15) is 5.82 Å². The number of aliphatic hydroxyl groups is 1. The Kier molecular flexibility index (Phi) is 4.50. The summed E-state index contributed by atoms with van der Waals surface area (Å²) in [4.78, 5) is 1.88. The molecule has 1 unspecified atom stereocenters. The minimum atomic E-state index is -0.641. The van der Waals surface area contributed by atoms with Gasteiger partial charge in [0.25, 0.3) is 0 Å². The molecule has 3 heteroatoms. The molecule has 0 aliphatic rings. The van der Waals surface area contributed by atoms with Crippen molar-refractivity contribution in [3.63, 3.8) is 0 Å². The van der Waals surface area contributed by atoms with Crippen molar-refractivity contribution in [2.24, 2.45) is 0 Å². The van der Waals surface area contributed by atoms with Crippen LogP contribution in [0.25, 0.3) is 0 Å². The van der Waals surface area contributed by atoms with Crippen molar-refractivity contribution in [1.82, 2.24) is 0 Å². The zero-order chi connectivity index (χ0) is 12.1. The molecule has 1 aromatic rings. The van der Waals surface area contributed by atoms with E-state index in [-0.39, 0.29) is 5.82 Å². The Balaban J connectivity index is 3.01. The zero-order valence-electron chi connectivity index (χ0n) is 9.78. The number of rotatable bonds is 5. The van der Waals surface area contributed by atoms with E-state index in [2.05, 4.69) is 6.58 Å². The first-order chi connectivity index (χ1) is 7.60. The van der Waals surface area contributed by atoms with Crippen LogP contribution in [0.3, 0.4) is 0 Å². The fourth-order valence-electron chi connectivity index (χ4n) is 1.59. The minimum Gasteiger partial charge on any atom is -0.389 e. The van der Waals surface area contributed by atoms with Gasteiger partial charge in [0, 0.05) is 13.1 Å². The van der Waals surface area contributed by atoms with E-state index in [1.165, 1.54) is 6.07 Å². The summed E-state index contributed by atoms with van der Waals surface area (Å²) < 4.78 is 13.8. The molecule has 0 saturated carbocycles. The van der Waals surface area contributed by atoms with Gasteiger partial charge in [0.2, 0.25) is 0 Å². The van der Waals surface area contributed by atoms with Crippen LogP contribution in [-0.4, -0.2) is 18.2 Å². The monoisotopic (exact) mass is 223 g/mol. The maximum absolute atomic E-state index is 13.8. The smallest absolute Gasteiger partial charge is 0.146 e. The molecule has 88 valence electrons. The number of nitrogens with zero attached hydrogens (tertiary/aromatic N) is 1. The summed E-state index contributed by atoms with van der Waals surface area (Å²) in [5.74, 6) is -0.304. The van der Waals surface area contributed by atoms with Gasteiger partial charge >= 0.3 is 0 Å². The number of anilines is 1. The third-order valence-corrected chi connectivity index (χ3v) is 2.53. The quantitative estimate of drug-likeness (QED) is 0.776. The summed E-state index contributed by atoms with van der Waals surface area (Å²) >= 11 is 0. The van der Waals surface area contributed by atoms with Gasteiger partial charge < -0.3 is 10.0 Å². The van der Waals surface area contributed by atoms with Crippen molar-refractivity contribution in [3.05, 3.63) is 42.2 Å². The second-order valence-electron chi connectivity index (χ2n) is 3.71. The number of halogens is 1. The van der Waals surface area contributed by atoms with Crippen LogP contribution in [0.2, 0.25) is 0 Å². The molecule has 1 N–H and O–H groups in total. The van der Waals surface area contributed by atoms with Crippen LogP contribution < -0.4 is 4.90 Å². The highest BCUT2D eigenvalue weighted by molar-refractivity contribution is 5.49. The van der Waals surface area contributed by atoms with E-state index in [0.717, 1.165) is 6.54 Å². The van der Waals surface area contributed by atoms with E-state index in [1.54, 1.807) is 25.1 Å². The molecular weight excluding hydrogens is 205 g/mol. The summed E-state index contributed by atoms with van der Waals surface area (Å²) in [6, 6.07) is 4.82. The van der Waals surface area contributed by atoms with Gasteiger partial charge in [-0.05, 0) is 31.5 Å². The molecule has 1 atom stereocenters. The maximum Gasteiger partial charge on any atom is 0.146 e. The van der Waals surface area contributed by atoms with Gasteiger partial charge in [-0.3, -0.25) is 0 Å². The number of benzene rings is 1. The van der Waals surface area contributed by atoms with Crippen molar-refractivity contribution in [2.75, 3.05) is 18.0 Å². The van der Waals surface area contributed by atoms with Crippen molar-refractivity contribution in [1.29, 1.82) is 0 Å². The van der Waals surface area contributed by atoms with Crippen LogP contribution in [0.4, 0.5) is 10.1 Å². The van der Waals surface area contributed by atoms with E-state index in [4.69, 9.17) is 0 Å². The molecule has 0 fully saturated rings. The maximum atomic E-state index is 13.8. The summed E-state index contributed by atoms with van der Waals surface area (Å²) in [6.45, 7) is 8.56. The van der Waals surface area contributed by atoms with E-state index in [1.807, 2.05) is 11.8 Å². The molecule has 0 saturated heterocycles. The SMILES string of the molecule is C=CCN(CC)c1ccc(C(C)O)cc1F. The highest BCUT2D eigenvalue weighted by Gasteiger charge is 2.11. The lowest BCUT2D eigenvalue weighted by Gasteiger charge is -2.22. The molecule has 0 radical (unpaired) electrons. The highest BCUT2D eigenvalue weighted by atomic mass is 19.1. The van der Waals surface area contributed by atoms with Crippen molar-refractivity contribution in [2.45, 2.75) is 20.0 Å². The van der Waals surface area contributed by atoms with Gasteiger partial charge in [-0.25, -0.2) is 4.39 Å². The molecule has 16 heavy (non-hydrogen) atoms. The Morgan fingerprint density at radius 3 is 2.69 bits per heavy atom. The third-order valence-electron chi connectivity index (χ3n) is 2.53. The topological polar surface area (TPSA) is 23.5 Å². The Morgan fingerprint density at radius 1 is 1.56 bits per heavy atom. The van der Waals surface area contributed by atoms with E-state index < -0.39 is 6.10 Å². The molecule has 0 amide bonds. The Hall–Kier alpha value is -1.35. The zero-order valence-corrected chi connectivity index (χ0v) is 9.78. The second-order valence-corrected chi connectivity index (χ2v) is 3.71. The van der Waals surface area contributed by atoms with Crippen LogP contribution in [-0.2, 0) is 0 Å². The average Bonchev–Trinajstić information content (AvgIpc) is 2.26. The summed E-state index contributed by atoms with van der Waals surface area (Å²) in [6.07, 6.45) is 1.10. The first-order valence-electron chi connectivity index (χ1n) is 5.43. The average molecular weight is 223 g/mol. The van der Waals surface area contributed by atoms with E-state index >= 15 is 0 Å². The Morgan fingerprint density at radius 2 is 2.25 bits per heavy atom. The summed E-state index contributed by atoms with van der Waals surface area (Å²) in [7, 11) is 0. The standard InChI is InChI=1S/C13H18FNO/c1-4-8-15(5-2)13-7-6-11(10(3)16)9-12(13)14/h4,6-7,9-10,16H,1,5,8H2,2-3H3. The molecular formula is C13H18FNO. The fraction of sp³-hybridized carbons (Fsp3) is 0.385. The van der Waals surface area contributed by atoms with Crippen LogP contribution in [0, 0.1) is 5.82 Å². The molecule has 0 spiro atoms. The van der Waals surface area contributed by atoms with Crippen molar-refractivity contribution < 1.29 is 9.50 Å². The van der Waals surface area contributed by atoms with Crippen molar-refractivity contribution in [3.8, 4) is 0 Å². The van der Waals surface area contributed by atoms with Gasteiger partial charge in [-0.2, -0.15) is 0 Å². The molecule has 0 heterocycles. The minimum absolute atomic E-state index is 0.304. The molecule has 0 aromatic heterocycles. The molecule has 0 aliphatic heterocycles. The Labute approximate surface area is 96.0 Å². The van der Waals surface area contributed by atoms with Crippen LogP contribution in [0.15, 0.2) is 30.9 Å². The second kappa shape index (κ2) is 5.66. The van der Waals surface area contributed by atoms with E-state index in [9.17, 15) is 9.50 Å². The number of aliphatic hydroxyl groups excluding tert-OH is 1. The summed E-state index contributed by atoms with van der Waals surface area (Å²) in [5.41, 5.74) is 1.14. The highest BCUT2D eigenvalue weighted by Crippen LogP contribution is 2.23. The largest absolute Gasteiger partial charge is 0.389 e. The van der Waals surface area contributed by atoms with Crippen LogP contribution >= 0.6 is 0 Å². The summed E-state index contributed by atoms with van der Waals surface area (Å²) in [5, 5.41) is 9.34. The lowest BCUT2D eigenvalue weighted by atomic mass is 10.1. The number of hydrogen-bond donors (Lipinski definition) is 1. The first-order valence-corrected chi connectivity index (χ1v) is 5.43. The van der Waals surface area contributed by atoms with Crippen LogP contribution in [0.1, 0.15) is 25.5 Å².